The predicted molar refractivity (Wildman–Crippen MR) is 79.6 cm³/mol. The van der Waals surface area contributed by atoms with Gasteiger partial charge >= 0.3 is 0 Å². The second-order valence-electron chi connectivity index (χ2n) is 4.41. The molecule has 0 aromatic carbocycles. The summed E-state index contributed by atoms with van der Waals surface area (Å²) in [6, 6.07) is 8.09. The standard InChI is InChI=1S/C14H14ClN3S/c1-10(2)18(9-12-4-3-7-19-12)14-13(15)11(8-16)5-6-17-14/h3-7,10H,9H2,1-2H3. The highest BCUT2D eigenvalue weighted by atomic mass is 35.5. The molecule has 98 valence electrons. The Balaban J connectivity index is 2.37. The fourth-order valence-corrected chi connectivity index (χ4v) is 2.76. The third-order valence-corrected chi connectivity index (χ3v) is 4.03. The van der Waals surface area contributed by atoms with Crippen LogP contribution in [0.4, 0.5) is 5.82 Å². The van der Waals surface area contributed by atoms with Crippen LogP contribution in [0.2, 0.25) is 5.02 Å². The quantitative estimate of drug-likeness (QED) is 0.852. The highest BCUT2D eigenvalue weighted by Gasteiger charge is 2.18. The molecule has 0 saturated carbocycles. The van der Waals surface area contributed by atoms with Crippen LogP contribution in [0.1, 0.15) is 24.3 Å². The van der Waals surface area contributed by atoms with Crippen LogP contribution in [0.15, 0.2) is 29.8 Å². The number of nitrogens with zero attached hydrogens (tertiary/aromatic N) is 3. The topological polar surface area (TPSA) is 39.9 Å². The molecule has 0 amide bonds. The Morgan fingerprint density at radius 2 is 2.26 bits per heavy atom. The van der Waals surface area contributed by atoms with Gasteiger partial charge in [-0.2, -0.15) is 5.26 Å². The van der Waals surface area contributed by atoms with Crippen molar-refractivity contribution in [1.29, 1.82) is 5.26 Å². The number of hydrogen-bond donors (Lipinski definition) is 0. The van der Waals surface area contributed by atoms with Gasteiger partial charge in [0, 0.05) is 17.1 Å². The maximum absolute atomic E-state index is 9.04. The minimum absolute atomic E-state index is 0.251. The first-order valence-electron chi connectivity index (χ1n) is 5.97. The average Bonchev–Trinajstić information content (AvgIpc) is 2.89. The molecule has 5 heteroatoms. The first-order valence-corrected chi connectivity index (χ1v) is 7.23. The molecule has 2 aromatic rings. The van der Waals surface area contributed by atoms with Crippen LogP contribution in [-0.2, 0) is 6.54 Å². The van der Waals surface area contributed by atoms with E-state index in [1.807, 2.05) is 6.07 Å². The van der Waals surface area contributed by atoms with Gasteiger partial charge in [-0.15, -0.1) is 11.3 Å². The van der Waals surface area contributed by atoms with Crippen molar-refractivity contribution in [1.82, 2.24) is 4.98 Å². The lowest BCUT2D eigenvalue weighted by molar-refractivity contribution is 0.677. The second kappa shape index (κ2) is 6.05. The van der Waals surface area contributed by atoms with Crippen LogP contribution < -0.4 is 4.90 Å². The highest BCUT2D eigenvalue weighted by molar-refractivity contribution is 7.09. The van der Waals surface area contributed by atoms with Crippen LogP contribution in [0.25, 0.3) is 0 Å². The third-order valence-electron chi connectivity index (χ3n) is 2.79. The molecule has 0 spiro atoms. The van der Waals surface area contributed by atoms with E-state index in [0.29, 0.717) is 16.4 Å². The lowest BCUT2D eigenvalue weighted by Crippen LogP contribution is -2.31. The molecule has 0 bridgehead atoms. The van der Waals surface area contributed by atoms with E-state index >= 15 is 0 Å². The minimum Gasteiger partial charge on any atom is -0.348 e. The molecule has 2 aromatic heterocycles. The summed E-state index contributed by atoms with van der Waals surface area (Å²) in [6.07, 6.45) is 1.63. The lowest BCUT2D eigenvalue weighted by Gasteiger charge is -2.28. The maximum Gasteiger partial charge on any atom is 0.149 e. The van der Waals surface area contributed by atoms with Crippen molar-refractivity contribution in [2.24, 2.45) is 0 Å². The lowest BCUT2D eigenvalue weighted by atomic mass is 10.2. The van der Waals surface area contributed by atoms with Gasteiger partial charge in [0.15, 0.2) is 0 Å². The zero-order chi connectivity index (χ0) is 13.8. The van der Waals surface area contributed by atoms with Crippen LogP contribution in [0.5, 0.6) is 0 Å². The maximum atomic E-state index is 9.04. The molecule has 0 fully saturated rings. The number of nitriles is 1. The van der Waals surface area contributed by atoms with E-state index in [4.69, 9.17) is 16.9 Å². The van der Waals surface area contributed by atoms with E-state index in [-0.39, 0.29) is 6.04 Å². The molecule has 0 aliphatic rings. The van der Waals surface area contributed by atoms with Gasteiger partial charge in [0.25, 0.3) is 0 Å². The van der Waals surface area contributed by atoms with Crippen LogP contribution in [0, 0.1) is 11.3 Å². The Morgan fingerprint density at radius 3 is 2.84 bits per heavy atom. The predicted octanol–water partition coefficient (Wildman–Crippen LogP) is 4.08. The molecule has 0 aliphatic carbocycles. The van der Waals surface area contributed by atoms with Crippen molar-refractivity contribution in [2.75, 3.05) is 4.90 Å². The monoisotopic (exact) mass is 291 g/mol. The number of pyridine rings is 1. The number of halogens is 1. The largest absolute Gasteiger partial charge is 0.348 e. The molecule has 2 rings (SSSR count). The third kappa shape index (κ3) is 3.06. The van der Waals surface area contributed by atoms with Gasteiger partial charge in [-0.25, -0.2) is 4.98 Å². The second-order valence-corrected chi connectivity index (χ2v) is 5.82. The Bertz CT molecular complexity index is 587. The van der Waals surface area contributed by atoms with Crippen molar-refractivity contribution in [3.63, 3.8) is 0 Å². The Kier molecular flexibility index (Phi) is 4.41. The van der Waals surface area contributed by atoms with Crippen molar-refractivity contribution in [2.45, 2.75) is 26.4 Å². The Hall–Kier alpha value is -1.57. The molecule has 3 nitrogen and oxygen atoms in total. The van der Waals surface area contributed by atoms with E-state index in [2.05, 4.69) is 41.2 Å². The van der Waals surface area contributed by atoms with Crippen molar-refractivity contribution >= 4 is 28.8 Å². The molecule has 0 aliphatic heterocycles. The molecule has 0 N–H and O–H groups in total. The van der Waals surface area contributed by atoms with Crippen molar-refractivity contribution in [3.05, 3.63) is 45.2 Å². The number of anilines is 1. The zero-order valence-corrected chi connectivity index (χ0v) is 12.4. The highest BCUT2D eigenvalue weighted by Crippen LogP contribution is 2.29. The summed E-state index contributed by atoms with van der Waals surface area (Å²) >= 11 is 7.97. The van der Waals surface area contributed by atoms with E-state index in [9.17, 15) is 0 Å². The molecule has 2 heterocycles. The van der Waals surface area contributed by atoms with Gasteiger partial charge in [0.2, 0.25) is 0 Å². The number of rotatable bonds is 4. The summed E-state index contributed by atoms with van der Waals surface area (Å²) in [5.41, 5.74) is 0.462. The summed E-state index contributed by atoms with van der Waals surface area (Å²) < 4.78 is 0. The van der Waals surface area contributed by atoms with Crippen molar-refractivity contribution in [3.8, 4) is 6.07 Å². The fraction of sp³-hybridized carbons (Fsp3) is 0.286. The first kappa shape index (κ1) is 13.9. The summed E-state index contributed by atoms with van der Waals surface area (Å²) in [5, 5.41) is 11.5. The van der Waals surface area contributed by atoms with Crippen LogP contribution >= 0.6 is 22.9 Å². The minimum atomic E-state index is 0.251. The van der Waals surface area contributed by atoms with Gasteiger partial charge in [-0.1, -0.05) is 17.7 Å². The molecule has 0 atom stereocenters. The zero-order valence-electron chi connectivity index (χ0n) is 10.8. The Morgan fingerprint density at radius 1 is 1.47 bits per heavy atom. The van der Waals surface area contributed by atoms with E-state index in [1.165, 1.54) is 4.88 Å². The SMILES string of the molecule is CC(C)N(Cc1cccs1)c1nccc(C#N)c1Cl. The van der Waals surface area contributed by atoms with E-state index in [0.717, 1.165) is 6.54 Å². The molecular weight excluding hydrogens is 278 g/mol. The first-order chi connectivity index (χ1) is 9.13. The summed E-state index contributed by atoms with van der Waals surface area (Å²) in [6.45, 7) is 4.92. The Labute approximate surface area is 122 Å². The fourth-order valence-electron chi connectivity index (χ4n) is 1.79. The molecule has 19 heavy (non-hydrogen) atoms. The molecule has 0 radical (unpaired) electrons. The van der Waals surface area contributed by atoms with Gasteiger partial charge in [0.1, 0.15) is 16.9 Å². The molecule has 0 saturated heterocycles. The smallest absolute Gasteiger partial charge is 0.149 e. The summed E-state index contributed by atoms with van der Waals surface area (Å²) in [7, 11) is 0. The van der Waals surface area contributed by atoms with Crippen LogP contribution in [-0.4, -0.2) is 11.0 Å². The normalized spacial score (nSPS) is 10.5. The average molecular weight is 292 g/mol. The number of aromatic nitrogens is 1. The van der Waals surface area contributed by atoms with Gasteiger partial charge in [0.05, 0.1) is 12.1 Å². The summed E-state index contributed by atoms with van der Waals surface area (Å²) in [5.74, 6) is 0.670. The van der Waals surface area contributed by atoms with Gasteiger partial charge < -0.3 is 4.90 Å². The number of hydrogen-bond acceptors (Lipinski definition) is 4. The van der Waals surface area contributed by atoms with Crippen molar-refractivity contribution < 1.29 is 0 Å². The van der Waals surface area contributed by atoms with Crippen LogP contribution in [0.3, 0.4) is 0 Å². The molecule has 0 unspecified atom stereocenters. The summed E-state index contributed by atoms with van der Waals surface area (Å²) in [4.78, 5) is 7.69. The number of thiophene rings is 1. The van der Waals surface area contributed by atoms with E-state index in [1.54, 1.807) is 23.6 Å². The van der Waals surface area contributed by atoms with Gasteiger partial charge in [-0.3, -0.25) is 0 Å². The van der Waals surface area contributed by atoms with E-state index < -0.39 is 0 Å². The molecular formula is C14H14ClN3S. The van der Waals surface area contributed by atoms with Gasteiger partial charge in [-0.05, 0) is 31.4 Å².